The molecule has 3 rings (SSSR count). The van der Waals surface area contributed by atoms with E-state index in [0.29, 0.717) is 5.95 Å². The van der Waals surface area contributed by atoms with Gasteiger partial charge >= 0.3 is 0 Å². The third-order valence-electron chi connectivity index (χ3n) is 4.17. The summed E-state index contributed by atoms with van der Waals surface area (Å²) < 4.78 is 31.8. The number of hydrogen-bond acceptors (Lipinski definition) is 5. The number of halogens is 2. The van der Waals surface area contributed by atoms with E-state index in [9.17, 15) is 8.78 Å². The number of nitrogens with one attached hydrogen (secondary N) is 1. The van der Waals surface area contributed by atoms with Crippen LogP contribution in [0, 0.1) is 11.6 Å². The maximum atomic E-state index is 13.7. The van der Waals surface area contributed by atoms with E-state index in [4.69, 9.17) is 0 Å². The largest absolute Gasteiger partial charge is 0.349 e. The van der Waals surface area contributed by atoms with Gasteiger partial charge in [0.15, 0.2) is 0 Å². The van der Waals surface area contributed by atoms with Crippen molar-refractivity contribution in [3.8, 4) is 0 Å². The van der Waals surface area contributed by atoms with E-state index in [1.165, 1.54) is 35.3 Å². The van der Waals surface area contributed by atoms with Crippen molar-refractivity contribution in [3.63, 3.8) is 0 Å². The second-order valence-corrected chi connectivity index (χ2v) is 6.95. The Morgan fingerprint density at radius 2 is 1.78 bits per heavy atom. The molecule has 0 aliphatic heterocycles. The van der Waals surface area contributed by atoms with Gasteiger partial charge in [0.05, 0.1) is 0 Å². The van der Waals surface area contributed by atoms with Crippen LogP contribution in [-0.4, -0.2) is 15.9 Å². The molecule has 0 saturated carbocycles. The Morgan fingerprint density at radius 1 is 1.04 bits per heavy atom. The van der Waals surface area contributed by atoms with E-state index >= 15 is 0 Å². The summed E-state index contributed by atoms with van der Waals surface area (Å²) >= 11 is 1.29. The molecular formula is C20H22F2N4S. The average Bonchev–Trinajstić information content (AvgIpc) is 3.14. The van der Waals surface area contributed by atoms with Crippen molar-refractivity contribution in [1.82, 2.24) is 9.36 Å². The number of benzene rings is 2. The highest BCUT2D eigenvalue weighted by molar-refractivity contribution is 7.09. The standard InChI is InChI=1S/C20H22F2N4S/c1-2-3-12-26(14-15-8-5-4-6-9-15)20-24-19(25-27-20)23-13-16-17(21)10-7-11-18(16)22/h4-11H,2-3,12-14H2,1H3,(H,23,25). The van der Waals surface area contributed by atoms with Gasteiger partial charge in [-0.05, 0) is 24.1 Å². The summed E-state index contributed by atoms with van der Waals surface area (Å²) in [5.74, 6) is -0.773. The van der Waals surface area contributed by atoms with Crippen LogP contribution in [-0.2, 0) is 13.1 Å². The fraction of sp³-hybridized carbons (Fsp3) is 0.300. The minimum atomic E-state index is -0.577. The topological polar surface area (TPSA) is 41.1 Å². The Kier molecular flexibility index (Phi) is 6.70. The molecule has 7 heteroatoms. The van der Waals surface area contributed by atoms with Crippen LogP contribution in [0.4, 0.5) is 19.9 Å². The maximum Gasteiger partial charge on any atom is 0.236 e. The minimum absolute atomic E-state index is 0.00231. The summed E-state index contributed by atoms with van der Waals surface area (Å²) in [4.78, 5) is 6.70. The van der Waals surface area contributed by atoms with E-state index in [-0.39, 0.29) is 12.1 Å². The molecule has 0 amide bonds. The van der Waals surface area contributed by atoms with Gasteiger partial charge in [0.2, 0.25) is 11.1 Å². The number of nitrogens with zero attached hydrogens (tertiary/aromatic N) is 3. The van der Waals surface area contributed by atoms with E-state index in [1.807, 2.05) is 18.2 Å². The summed E-state index contributed by atoms with van der Waals surface area (Å²) in [6, 6.07) is 14.0. The molecule has 0 saturated heterocycles. The van der Waals surface area contributed by atoms with Crippen molar-refractivity contribution in [2.24, 2.45) is 0 Å². The lowest BCUT2D eigenvalue weighted by molar-refractivity contribution is 0.560. The van der Waals surface area contributed by atoms with Crippen LogP contribution < -0.4 is 10.2 Å². The lowest BCUT2D eigenvalue weighted by atomic mass is 10.2. The first kappa shape index (κ1) is 19.2. The molecule has 1 N–H and O–H groups in total. The van der Waals surface area contributed by atoms with E-state index in [2.05, 4.69) is 38.6 Å². The third kappa shape index (κ3) is 5.23. The molecule has 27 heavy (non-hydrogen) atoms. The quantitative estimate of drug-likeness (QED) is 0.545. The van der Waals surface area contributed by atoms with Crippen molar-refractivity contribution in [2.45, 2.75) is 32.9 Å². The van der Waals surface area contributed by atoms with Gasteiger partial charge in [0.25, 0.3) is 0 Å². The molecule has 0 bridgehead atoms. The molecular weight excluding hydrogens is 366 g/mol. The number of anilines is 2. The van der Waals surface area contributed by atoms with E-state index in [1.54, 1.807) is 0 Å². The lowest BCUT2D eigenvalue weighted by Crippen LogP contribution is -2.23. The molecule has 4 nitrogen and oxygen atoms in total. The molecule has 2 aromatic carbocycles. The Balaban J connectivity index is 1.69. The van der Waals surface area contributed by atoms with Crippen LogP contribution in [0.1, 0.15) is 30.9 Å². The van der Waals surface area contributed by atoms with Gasteiger partial charge in [-0.25, -0.2) is 8.78 Å². The van der Waals surface area contributed by atoms with Gasteiger partial charge in [0, 0.05) is 36.7 Å². The summed E-state index contributed by atoms with van der Waals surface area (Å²) in [5, 5.41) is 3.71. The number of hydrogen-bond donors (Lipinski definition) is 1. The highest BCUT2D eigenvalue weighted by Gasteiger charge is 2.14. The van der Waals surface area contributed by atoms with Crippen LogP contribution in [0.5, 0.6) is 0 Å². The van der Waals surface area contributed by atoms with Crippen molar-refractivity contribution < 1.29 is 8.78 Å². The highest BCUT2D eigenvalue weighted by atomic mass is 32.1. The number of unbranched alkanes of at least 4 members (excludes halogenated alkanes) is 1. The maximum absolute atomic E-state index is 13.7. The summed E-state index contributed by atoms with van der Waals surface area (Å²) in [6.45, 7) is 3.78. The second-order valence-electron chi connectivity index (χ2n) is 6.22. The lowest BCUT2D eigenvalue weighted by Gasteiger charge is -2.21. The first-order chi connectivity index (χ1) is 13.2. The van der Waals surface area contributed by atoms with Gasteiger partial charge < -0.3 is 10.2 Å². The molecule has 0 spiro atoms. The predicted octanol–water partition coefficient (Wildman–Crippen LogP) is 5.24. The van der Waals surface area contributed by atoms with Crippen LogP contribution in [0.15, 0.2) is 48.5 Å². The normalized spacial score (nSPS) is 10.8. The molecule has 1 heterocycles. The van der Waals surface area contributed by atoms with Crippen LogP contribution in [0.3, 0.4) is 0 Å². The van der Waals surface area contributed by atoms with Crippen LogP contribution >= 0.6 is 11.5 Å². The molecule has 1 aromatic heterocycles. The van der Waals surface area contributed by atoms with Gasteiger partial charge in [-0.15, -0.1) is 0 Å². The van der Waals surface area contributed by atoms with Gasteiger partial charge in [-0.3, -0.25) is 0 Å². The molecule has 3 aromatic rings. The number of rotatable bonds is 9. The molecule has 0 radical (unpaired) electrons. The molecule has 0 atom stereocenters. The monoisotopic (exact) mass is 388 g/mol. The Labute approximate surface area is 162 Å². The number of aromatic nitrogens is 2. The van der Waals surface area contributed by atoms with Crippen molar-refractivity contribution in [1.29, 1.82) is 0 Å². The second kappa shape index (κ2) is 9.41. The van der Waals surface area contributed by atoms with Crippen LogP contribution in [0.25, 0.3) is 0 Å². The molecule has 142 valence electrons. The average molecular weight is 388 g/mol. The highest BCUT2D eigenvalue weighted by Crippen LogP contribution is 2.23. The van der Waals surface area contributed by atoms with Gasteiger partial charge in [-0.2, -0.15) is 9.36 Å². The molecule has 0 fully saturated rings. The Bertz CT molecular complexity index is 834. The van der Waals surface area contributed by atoms with E-state index < -0.39 is 11.6 Å². The molecule has 0 aliphatic rings. The summed E-state index contributed by atoms with van der Waals surface area (Å²) in [7, 11) is 0. The molecule has 0 unspecified atom stereocenters. The molecule has 0 aliphatic carbocycles. The predicted molar refractivity (Wildman–Crippen MR) is 106 cm³/mol. The zero-order valence-electron chi connectivity index (χ0n) is 15.2. The third-order valence-corrected chi connectivity index (χ3v) is 4.95. The van der Waals surface area contributed by atoms with Crippen molar-refractivity contribution in [2.75, 3.05) is 16.8 Å². The van der Waals surface area contributed by atoms with Crippen molar-refractivity contribution in [3.05, 3.63) is 71.3 Å². The fourth-order valence-electron chi connectivity index (χ4n) is 2.68. The first-order valence-corrected chi connectivity index (χ1v) is 9.74. The zero-order chi connectivity index (χ0) is 19.1. The smallest absolute Gasteiger partial charge is 0.236 e. The fourth-order valence-corrected chi connectivity index (χ4v) is 3.35. The minimum Gasteiger partial charge on any atom is -0.349 e. The SMILES string of the molecule is CCCCN(Cc1ccccc1)c1nc(NCc2c(F)cccc2F)ns1. The van der Waals surface area contributed by atoms with Crippen LogP contribution in [0.2, 0.25) is 0 Å². The van der Waals surface area contributed by atoms with Gasteiger partial charge in [-0.1, -0.05) is 49.7 Å². The van der Waals surface area contributed by atoms with E-state index in [0.717, 1.165) is 31.1 Å². The zero-order valence-corrected chi connectivity index (χ0v) is 16.0. The first-order valence-electron chi connectivity index (χ1n) is 8.96. The Hall–Kier alpha value is -2.54. The summed E-state index contributed by atoms with van der Waals surface area (Å²) in [6.07, 6.45) is 2.14. The Morgan fingerprint density at radius 3 is 2.48 bits per heavy atom. The van der Waals surface area contributed by atoms with Gasteiger partial charge in [0.1, 0.15) is 11.6 Å². The summed E-state index contributed by atoms with van der Waals surface area (Å²) in [5.41, 5.74) is 1.19. The van der Waals surface area contributed by atoms with Crippen molar-refractivity contribution >= 4 is 22.6 Å².